The van der Waals surface area contributed by atoms with Crippen LogP contribution in [0.2, 0.25) is 0 Å². The van der Waals surface area contributed by atoms with Gasteiger partial charge in [0.15, 0.2) is 5.78 Å². The monoisotopic (exact) mass is 518 g/mol. The molecule has 0 fully saturated rings. The second-order valence-corrected chi connectivity index (χ2v) is 8.82. The molecule has 1 heterocycles. The highest BCUT2D eigenvalue weighted by atomic mass is 16.5. The van der Waals surface area contributed by atoms with E-state index in [2.05, 4.69) is 0 Å². The molecule has 0 unspecified atom stereocenters. The molecule has 5 rings (SSSR count). The number of esters is 1. The number of carbonyl (C=O) groups is 2. The Labute approximate surface area is 226 Å². The predicted octanol–water partition coefficient (Wildman–Crippen LogP) is 7.44. The highest BCUT2D eigenvalue weighted by Gasteiger charge is 2.21. The van der Waals surface area contributed by atoms with Gasteiger partial charge >= 0.3 is 5.97 Å². The van der Waals surface area contributed by atoms with Crippen LogP contribution in [0.15, 0.2) is 108 Å². The van der Waals surface area contributed by atoms with E-state index < -0.39 is 5.97 Å². The van der Waals surface area contributed by atoms with Crippen molar-refractivity contribution in [1.82, 2.24) is 0 Å². The number of methoxy groups -OCH3 is 1. The van der Waals surface area contributed by atoms with Crippen molar-refractivity contribution in [3.63, 3.8) is 0 Å². The maximum atomic E-state index is 13.3. The van der Waals surface area contributed by atoms with E-state index >= 15 is 0 Å². The molecule has 194 valence electrons. The summed E-state index contributed by atoms with van der Waals surface area (Å²) < 4.78 is 22.7. The van der Waals surface area contributed by atoms with E-state index in [-0.39, 0.29) is 5.78 Å². The molecule has 0 N–H and O–H groups in total. The fourth-order valence-electron chi connectivity index (χ4n) is 4.16. The molecule has 0 bridgehead atoms. The number of hydrogen-bond donors (Lipinski definition) is 0. The van der Waals surface area contributed by atoms with E-state index in [9.17, 15) is 9.59 Å². The van der Waals surface area contributed by atoms with Crippen molar-refractivity contribution in [2.45, 2.75) is 13.5 Å². The lowest BCUT2D eigenvalue weighted by atomic mass is 10.1. The zero-order chi connectivity index (χ0) is 27.2. The topological polar surface area (TPSA) is 75.0 Å². The van der Waals surface area contributed by atoms with E-state index in [4.69, 9.17) is 18.6 Å². The molecule has 5 aromatic rings. The van der Waals surface area contributed by atoms with Crippen molar-refractivity contribution in [3.05, 3.63) is 131 Å². The molecular formula is C33H26O6. The van der Waals surface area contributed by atoms with Crippen LogP contribution in [0.5, 0.6) is 17.2 Å². The van der Waals surface area contributed by atoms with E-state index in [0.717, 1.165) is 5.56 Å². The lowest BCUT2D eigenvalue weighted by Gasteiger charge is -2.08. The number of para-hydroxylation sites is 1. The molecule has 39 heavy (non-hydrogen) atoms. The third-order valence-corrected chi connectivity index (χ3v) is 6.20. The lowest BCUT2D eigenvalue weighted by Crippen LogP contribution is -2.10. The number of rotatable bonds is 9. The first-order chi connectivity index (χ1) is 19.0. The number of carbonyl (C=O) groups excluding carboxylic acids is 2. The Balaban J connectivity index is 1.35. The van der Waals surface area contributed by atoms with E-state index in [1.807, 2.05) is 42.5 Å². The van der Waals surface area contributed by atoms with Gasteiger partial charge in [-0.1, -0.05) is 48.5 Å². The first kappa shape index (κ1) is 25.5. The van der Waals surface area contributed by atoms with Gasteiger partial charge in [0, 0.05) is 16.5 Å². The van der Waals surface area contributed by atoms with E-state index in [0.29, 0.717) is 57.3 Å². The first-order valence-corrected chi connectivity index (χ1v) is 12.4. The summed E-state index contributed by atoms with van der Waals surface area (Å²) in [6.45, 7) is 2.12. The number of allylic oxidation sites excluding steroid dienone is 1. The summed E-state index contributed by atoms with van der Waals surface area (Å²) in [4.78, 5) is 26.0. The number of ether oxygens (including phenoxy) is 3. The van der Waals surface area contributed by atoms with Gasteiger partial charge in [0.05, 0.1) is 7.11 Å². The summed E-state index contributed by atoms with van der Waals surface area (Å²) in [5, 5.41) is 0.603. The summed E-state index contributed by atoms with van der Waals surface area (Å²) in [6.07, 6.45) is 3.08. The Kier molecular flexibility index (Phi) is 7.55. The minimum Gasteiger partial charge on any atom is -0.497 e. The van der Waals surface area contributed by atoms with Crippen molar-refractivity contribution >= 4 is 28.8 Å². The Morgan fingerprint density at radius 1 is 0.846 bits per heavy atom. The van der Waals surface area contributed by atoms with Gasteiger partial charge in [-0.15, -0.1) is 0 Å². The summed E-state index contributed by atoms with van der Waals surface area (Å²) in [5.41, 5.74) is 3.03. The average Bonchev–Trinajstić information content (AvgIpc) is 3.31. The van der Waals surface area contributed by atoms with E-state index in [1.165, 1.54) is 6.08 Å². The second kappa shape index (κ2) is 11.5. The molecule has 0 atom stereocenters. The largest absolute Gasteiger partial charge is 0.497 e. The van der Waals surface area contributed by atoms with Crippen LogP contribution in [0.25, 0.3) is 17.0 Å². The third-order valence-electron chi connectivity index (χ3n) is 6.20. The van der Waals surface area contributed by atoms with Crippen molar-refractivity contribution < 1.29 is 28.2 Å². The SMILES string of the molecule is COc1ccc(C(=O)/C=C/c2ccccc2OC(=O)c2c(C)oc3ccc(OCc4ccccc4)cc23)cc1. The highest BCUT2D eigenvalue weighted by Crippen LogP contribution is 2.31. The summed E-state index contributed by atoms with van der Waals surface area (Å²) in [5.74, 6) is 1.31. The molecule has 0 spiro atoms. The van der Waals surface area contributed by atoms with Gasteiger partial charge in [-0.05, 0) is 73.2 Å². The standard InChI is InChI=1S/C33H26O6/c1-22-32(28-20-27(17-19-31(28)38-22)37-21-23-8-4-3-5-9-23)33(35)39-30-11-7-6-10-25(30)14-18-29(34)24-12-15-26(36-2)16-13-24/h3-20H,21H2,1-2H3/b18-14+. The maximum Gasteiger partial charge on any atom is 0.347 e. The van der Waals surface area contributed by atoms with Crippen LogP contribution in [0.3, 0.4) is 0 Å². The minimum absolute atomic E-state index is 0.182. The number of hydrogen-bond acceptors (Lipinski definition) is 6. The molecule has 0 aliphatic rings. The Hall–Kier alpha value is -5.10. The smallest absolute Gasteiger partial charge is 0.347 e. The Bertz CT molecular complexity index is 1650. The molecule has 0 aliphatic carbocycles. The molecule has 0 aliphatic heterocycles. The fourth-order valence-corrected chi connectivity index (χ4v) is 4.16. The van der Waals surface area contributed by atoms with Gasteiger partial charge in [0.1, 0.15) is 40.8 Å². The molecule has 4 aromatic carbocycles. The van der Waals surface area contributed by atoms with Crippen LogP contribution < -0.4 is 14.2 Å². The van der Waals surface area contributed by atoms with E-state index in [1.54, 1.807) is 74.7 Å². The molecule has 0 saturated heterocycles. The molecule has 6 heteroatoms. The number of ketones is 1. The van der Waals surface area contributed by atoms with Crippen molar-refractivity contribution in [2.75, 3.05) is 7.11 Å². The van der Waals surface area contributed by atoms with Crippen LogP contribution in [0, 0.1) is 6.92 Å². The number of furan rings is 1. The van der Waals surface area contributed by atoms with Crippen LogP contribution in [-0.2, 0) is 6.61 Å². The molecular weight excluding hydrogens is 492 g/mol. The van der Waals surface area contributed by atoms with Gasteiger partial charge in [-0.3, -0.25) is 4.79 Å². The normalized spacial score (nSPS) is 11.0. The summed E-state index contributed by atoms with van der Waals surface area (Å²) in [7, 11) is 1.57. The van der Waals surface area contributed by atoms with Crippen molar-refractivity contribution in [2.24, 2.45) is 0 Å². The van der Waals surface area contributed by atoms with Crippen LogP contribution in [-0.4, -0.2) is 18.9 Å². The Morgan fingerprint density at radius 2 is 1.56 bits per heavy atom. The van der Waals surface area contributed by atoms with Gasteiger partial charge in [0.25, 0.3) is 0 Å². The summed E-state index contributed by atoms with van der Waals surface area (Å²) in [6, 6.07) is 29.1. The van der Waals surface area contributed by atoms with Crippen LogP contribution in [0.4, 0.5) is 0 Å². The lowest BCUT2D eigenvalue weighted by molar-refractivity contribution is 0.0734. The average molecular weight is 519 g/mol. The highest BCUT2D eigenvalue weighted by molar-refractivity contribution is 6.07. The molecule has 6 nitrogen and oxygen atoms in total. The Morgan fingerprint density at radius 3 is 2.33 bits per heavy atom. The minimum atomic E-state index is -0.561. The number of benzene rings is 4. The third kappa shape index (κ3) is 5.91. The van der Waals surface area contributed by atoms with Crippen LogP contribution in [0.1, 0.15) is 37.6 Å². The maximum absolute atomic E-state index is 13.3. The zero-order valence-electron chi connectivity index (χ0n) is 21.5. The van der Waals surface area contributed by atoms with Gasteiger partial charge in [0.2, 0.25) is 0 Å². The summed E-state index contributed by atoms with van der Waals surface area (Å²) >= 11 is 0. The predicted molar refractivity (Wildman–Crippen MR) is 149 cm³/mol. The van der Waals surface area contributed by atoms with Gasteiger partial charge in [-0.2, -0.15) is 0 Å². The zero-order valence-corrected chi connectivity index (χ0v) is 21.5. The molecule has 0 amide bonds. The van der Waals surface area contributed by atoms with Gasteiger partial charge < -0.3 is 18.6 Å². The van der Waals surface area contributed by atoms with Gasteiger partial charge in [-0.25, -0.2) is 4.79 Å². The second-order valence-electron chi connectivity index (χ2n) is 8.82. The molecule has 0 radical (unpaired) electrons. The fraction of sp³-hybridized carbons (Fsp3) is 0.0909. The van der Waals surface area contributed by atoms with Crippen molar-refractivity contribution in [1.29, 1.82) is 0 Å². The van der Waals surface area contributed by atoms with Crippen molar-refractivity contribution in [3.8, 4) is 17.2 Å². The first-order valence-electron chi connectivity index (χ1n) is 12.4. The number of aryl methyl sites for hydroxylation is 1. The number of fused-ring (bicyclic) bond motifs is 1. The quantitative estimate of drug-likeness (QED) is 0.0873. The molecule has 0 saturated carbocycles. The molecule has 1 aromatic heterocycles. The van der Waals surface area contributed by atoms with Crippen LogP contribution >= 0.6 is 0 Å².